The molecule has 5 nitrogen and oxygen atoms in total. The number of carbonyl (C=O) groups excluding carboxylic acids is 1. The second-order valence-corrected chi connectivity index (χ2v) is 4.84. The second-order valence-electron chi connectivity index (χ2n) is 4.84. The highest BCUT2D eigenvalue weighted by atomic mass is 16.5. The number of nitrogens with one attached hydrogen (secondary N) is 1. The molecule has 1 aromatic rings. The lowest BCUT2D eigenvalue weighted by molar-refractivity contribution is -0.132. The van der Waals surface area contributed by atoms with Gasteiger partial charge in [-0.05, 0) is 26.2 Å². The van der Waals surface area contributed by atoms with Crippen LogP contribution >= 0.6 is 0 Å². The lowest BCUT2D eigenvalue weighted by Crippen LogP contribution is -2.36. The molecular formula is C14H20N2O3. The fourth-order valence-corrected chi connectivity index (χ4v) is 2.29. The summed E-state index contributed by atoms with van der Waals surface area (Å²) in [5, 5.41) is 0. The number of carbonyl (C=O) groups is 1. The van der Waals surface area contributed by atoms with Gasteiger partial charge in [0.05, 0.1) is 18.7 Å². The summed E-state index contributed by atoms with van der Waals surface area (Å²) in [7, 11) is 0. The van der Waals surface area contributed by atoms with E-state index in [1.165, 1.54) is 12.5 Å². The Bertz CT molecular complexity index is 490. The fourth-order valence-electron chi connectivity index (χ4n) is 2.29. The molecule has 0 atom stereocenters. The third-order valence-electron chi connectivity index (χ3n) is 3.37. The van der Waals surface area contributed by atoms with Gasteiger partial charge in [0.1, 0.15) is 0 Å². The first-order valence-corrected chi connectivity index (χ1v) is 6.77. The molecule has 19 heavy (non-hydrogen) atoms. The van der Waals surface area contributed by atoms with Crippen molar-refractivity contribution in [2.24, 2.45) is 0 Å². The van der Waals surface area contributed by atoms with Crippen LogP contribution in [0.2, 0.25) is 0 Å². The lowest BCUT2D eigenvalue weighted by Gasteiger charge is -2.26. The van der Waals surface area contributed by atoms with Gasteiger partial charge in [-0.1, -0.05) is 0 Å². The van der Waals surface area contributed by atoms with E-state index < -0.39 is 0 Å². The Hall–Kier alpha value is -1.78. The van der Waals surface area contributed by atoms with Crippen molar-refractivity contribution in [1.29, 1.82) is 0 Å². The van der Waals surface area contributed by atoms with Crippen LogP contribution < -0.4 is 10.2 Å². The number of ether oxygens (including phenoxy) is 1. The molecule has 1 aromatic heterocycles. The van der Waals surface area contributed by atoms with Crippen LogP contribution in [0, 0.1) is 6.92 Å². The van der Waals surface area contributed by atoms with Crippen LogP contribution in [0.4, 0.5) is 0 Å². The molecule has 0 aromatic carbocycles. The number of likely N-dealkylation sites (tertiary alicyclic amines) is 1. The third kappa shape index (κ3) is 3.59. The molecule has 0 spiro atoms. The average molecular weight is 264 g/mol. The lowest BCUT2D eigenvalue weighted by atomic mass is 10.1. The van der Waals surface area contributed by atoms with Crippen molar-refractivity contribution in [1.82, 2.24) is 9.88 Å². The molecule has 1 amide bonds. The van der Waals surface area contributed by atoms with Crippen LogP contribution in [0.25, 0.3) is 0 Å². The van der Waals surface area contributed by atoms with Gasteiger partial charge in [0.25, 0.3) is 0 Å². The Morgan fingerprint density at radius 2 is 2.11 bits per heavy atom. The predicted octanol–water partition coefficient (Wildman–Crippen LogP) is 1.46. The van der Waals surface area contributed by atoms with Gasteiger partial charge in [0.2, 0.25) is 11.3 Å². The van der Waals surface area contributed by atoms with E-state index in [0.29, 0.717) is 17.9 Å². The Morgan fingerprint density at radius 1 is 1.37 bits per heavy atom. The summed E-state index contributed by atoms with van der Waals surface area (Å²) in [5.74, 6) is 0.429. The quantitative estimate of drug-likeness (QED) is 0.895. The molecule has 1 fully saturated rings. The third-order valence-corrected chi connectivity index (χ3v) is 3.37. The van der Waals surface area contributed by atoms with E-state index in [0.717, 1.165) is 25.9 Å². The van der Waals surface area contributed by atoms with Crippen LogP contribution in [0.15, 0.2) is 17.1 Å². The summed E-state index contributed by atoms with van der Waals surface area (Å²) < 4.78 is 5.44. The second kappa shape index (κ2) is 6.41. The summed E-state index contributed by atoms with van der Waals surface area (Å²) in [6.45, 7) is 3.74. The topological polar surface area (TPSA) is 62.4 Å². The fraction of sp³-hybridized carbons (Fsp3) is 0.571. The van der Waals surface area contributed by atoms with E-state index in [9.17, 15) is 9.59 Å². The van der Waals surface area contributed by atoms with Crippen molar-refractivity contribution < 1.29 is 9.53 Å². The maximum absolute atomic E-state index is 11.9. The number of H-pyrrole nitrogens is 1. The zero-order valence-corrected chi connectivity index (χ0v) is 11.3. The van der Waals surface area contributed by atoms with Crippen LogP contribution in [0.3, 0.4) is 0 Å². The van der Waals surface area contributed by atoms with Crippen LogP contribution in [0.1, 0.15) is 31.4 Å². The van der Waals surface area contributed by atoms with Gasteiger partial charge in [0, 0.05) is 25.4 Å². The molecule has 1 aliphatic rings. The number of pyridine rings is 1. The molecular weight excluding hydrogens is 244 g/mol. The van der Waals surface area contributed by atoms with Crippen molar-refractivity contribution in [3.8, 4) is 5.75 Å². The number of hydrogen-bond donors (Lipinski definition) is 1. The largest absolute Gasteiger partial charge is 0.487 e. The number of piperidine rings is 1. The highest BCUT2D eigenvalue weighted by molar-refractivity contribution is 5.76. The minimum absolute atomic E-state index is 0.115. The highest BCUT2D eigenvalue weighted by Crippen LogP contribution is 2.11. The molecule has 104 valence electrons. The van der Waals surface area contributed by atoms with Gasteiger partial charge in [-0.2, -0.15) is 0 Å². The zero-order valence-electron chi connectivity index (χ0n) is 11.3. The van der Waals surface area contributed by atoms with E-state index in [1.807, 2.05) is 4.90 Å². The van der Waals surface area contributed by atoms with Gasteiger partial charge in [-0.15, -0.1) is 0 Å². The molecule has 5 heteroatoms. The number of aryl methyl sites for hydroxylation is 1. The summed E-state index contributed by atoms with van der Waals surface area (Å²) in [6.07, 6.45) is 5.30. The van der Waals surface area contributed by atoms with Crippen molar-refractivity contribution in [2.45, 2.75) is 32.6 Å². The van der Waals surface area contributed by atoms with Gasteiger partial charge >= 0.3 is 0 Å². The normalized spacial score (nSPS) is 15.3. The highest BCUT2D eigenvalue weighted by Gasteiger charge is 2.16. The number of rotatable bonds is 4. The van der Waals surface area contributed by atoms with Crippen molar-refractivity contribution in [3.63, 3.8) is 0 Å². The SMILES string of the molecule is Cc1[nH]ccc(=O)c1OCCC(=O)N1CCCCC1. The monoisotopic (exact) mass is 264 g/mol. The zero-order chi connectivity index (χ0) is 13.7. The van der Waals surface area contributed by atoms with E-state index in [2.05, 4.69) is 4.98 Å². The van der Waals surface area contributed by atoms with Crippen molar-refractivity contribution >= 4 is 5.91 Å². The number of hydrogen-bond acceptors (Lipinski definition) is 3. The first-order chi connectivity index (χ1) is 9.18. The molecule has 2 rings (SSSR count). The predicted molar refractivity (Wildman–Crippen MR) is 72.3 cm³/mol. The minimum atomic E-state index is -0.151. The Morgan fingerprint density at radius 3 is 2.79 bits per heavy atom. The number of nitrogens with zero attached hydrogens (tertiary/aromatic N) is 1. The van der Waals surface area contributed by atoms with Crippen molar-refractivity contribution in [3.05, 3.63) is 28.2 Å². The van der Waals surface area contributed by atoms with Gasteiger partial charge in [-0.25, -0.2) is 0 Å². The molecule has 0 bridgehead atoms. The Balaban J connectivity index is 1.83. The molecule has 0 unspecified atom stereocenters. The first-order valence-electron chi connectivity index (χ1n) is 6.77. The van der Waals surface area contributed by atoms with E-state index in [4.69, 9.17) is 4.74 Å². The van der Waals surface area contributed by atoms with Crippen LogP contribution in [-0.2, 0) is 4.79 Å². The van der Waals surface area contributed by atoms with E-state index in [1.54, 1.807) is 13.1 Å². The average Bonchev–Trinajstić information content (AvgIpc) is 2.43. The van der Waals surface area contributed by atoms with E-state index >= 15 is 0 Å². The summed E-state index contributed by atoms with van der Waals surface area (Å²) in [5.41, 5.74) is 0.541. The summed E-state index contributed by atoms with van der Waals surface area (Å²) in [4.78, 5) is 28.3. The van der Waals surface area contributed by atoms with Gasteiger partial charge < -0.3 is 14.6 Å². The van der Waals surface area contributed by atoms with Crippen LogP contribution in [-0.4, -0.2) is 35.5 Å². The molecule has 0 aliphatic carbocycles. The van der Waals surface area contributed by atoms with Gasteiger partial charge in [0.15, 0.2) is 5.75 Å². The smallest absolute Gasteiger partial charge is 0.225 e. The van der Waals surface area contributed by atoms with E-state index in [-0.39, 0.29) is 17.9 Å². The maximum Gasteiger partial charge on any atom is 0.225 e. The Labute approximate surface area is 112 Å². The van der Waals surface area contributed by atoms with Gasteiger partial charge in [-0.3, -0.25) is 9.59 Å². The molecule has 2 heterocycles. The molecule has 1 N–H and O–H groups in total. The van der Waals surface area contributed by atoms with Crippen molar-refractivity contribution in [2.75, 3.05) is 19.7 Å². The molecule has 0 radical (unpaired) electrons. The standard InChI is InChI=1S/C14H20N2O3/c1-11-14(12(17)5-7-15-11)19-10-6-13(18)16-8-3-2-4-9-16/h5,7H,2-4,6,8-10H2,1H3,(H,15,17). The number of aromatic nitrogens is 1. The summed E-state index contributed by atoms with van der Waals surface area (Å²) >= 11 is 0. The van der Waals surface area contributed by atoms with Crippen LogP contribution in [0.5, 0.6) is 5.75 Å². The number of aromatic amines is 1. The number of amides is 1. The molecule has 1 saturated heterocycles. The molecule has 0 saturated carbocycles. The minimum Gasteiger partial charge on any atom is -0.487 e. The maximum atomic E-state index is 11.9. The Kier molecular flexibility index (Phi) is 4.60. The summed E-state index contributed by atoms with van der Waals surface area (Å²) in [6, 6.07) is 1.43. The first kappa shape index (κ1) is 13.6. The molecule has 1 aliphatic heterocycles.